The van der Waals surface area contributed by atoms with E-state index in [1.165, 1.54) is 16.2 Å². The van der Waals surface area contributed by atoms with Gasteiger partial charge in [-0.1, -0.05) is 20.8 Å². The minimum Gasteiger partial charge on any atom is -0.311 e. The minimum absolute atomic E-state index is 0.347. The van der Waals surface area contributed by atoms with E-state index < -0.39 is 0 Å². The number of thiophene rings is 1. The van der Waals surface area contributed by atoms with Gasteiger partial charge >= 0.3 is 0 Å². The average Bonchev–Trinajstić information content (AvgIpc) is 2.74. The molecule has 0 saturated heterocycles. The van der Waals surface area contributed by atoms with Crippen LogP contribution in [0.2, 0.25) is 0 Å². The fourth-order valence-electron chi connectivity index (χ4n) is 1.87. The number of alkyl halides is 1. The molecule has 0 spiro atoms. The van der Waals surface area contributed by atoms with Crippen molar-refractivity contribution in [2.45, 2.75) is 46.6 Å². The number of hydrogen-bond donors (Lipinski definition) is 1. The first kappa shape index (κ1) is 15.0. The summed E-state index contributed by atoms with van der Waals surface area (Å²) in [5, 5.41) is 3.56. The van der Waals surface area contributed by atoms with Crippen LogP contribution < -0.4 is 5.32 Å². The first-order valence-electron chi connectivity index (χ1n) is 6.41. The molecule has 1 rings (SSSR count). The maximum atomic E-state index is 5.74. The van der Waals surface area contributed by atoms with Crippen molar-refractivity contribution in [3.8, 4) is 0 Å². The van der Waals surface area contributed by atoms with Crippen LogP contribution in [0.5, 0.6) is 0 Å². The fraction of sp³-hybridized carbons (Fsp3) is 0.714. The van der Waals surface area contributed by atoms with E-state index >= 15 is 0 Å². The van der Waals surface area contributed by atoms with Gasteiger partial charge in [-0.15, -0.1) is 22.9 Å². The van der Waals surface area contributed by atoms with Crippen LogP contribution in [0.1, 0.15) is 43.4 Å². The van der Waals surface area contributed by atoms with E-state index in [0.29, 0.717) is 5.41 Å². The van der Waals surface area contributed by atoms with Crippen LogP contribution in [0.25, 0.3) is 0 Å². The summed E-state index contributed by atoms with van der Waals surface area (Å²) in [7, 11) is 0. The standard InChI is InChI=1S/C14H24ClNS/c1-4-12-6-7-13(17-12)10-16-11-14(2,3)8-5-9-15/h6-7,16H,4-5,8-11H2,1-3H3. The molecule has 0 fully saturated rings. The summed E-state index contributed by atoms with van der Waals surface area (Å²) in [5.41, 5.74) is 0.347. The summed E-state index contributed by atoms with van der Waals surface area (Å²) in [6, 6.07) is 4.47. The molecule has 0 aliphatic carbocycles. The van der Waals surface area contributed by atoms with E-state index in [1.807, 2.05) is 11.3 Å². The summed E-state index contributed by atoms with van der Waals surface area (Å²) in [6.07, 6.45) is 3.44. The lowest BCUT2D eigenvalue weighted by Gasteiger charge is -2.24. The Kier molecular flexibility index (Phi) is 6.53. The van der Waals surface area contributed by atoms with Gasteiger partial charge in [0.05, 0.1) is 0 Å². The zero-order valence-electron chi connectivity index (χ0n) is 11.2. The Morgan fingerprint density at radius 2 is 2.00 bits per heavy atom. The SMILES string of the molecule is CCc1ccc(CNCC(C)(C)CCCCl)s1. The minimum atomic E-state index is 0.347. The van der Waals surface area contributed by atoms with Gasteiger partial charge in [-0.05, 0) is 36.8 Å². The molecule has 0 aliphatic rings. The zero-order valence-corrected chi connectivity index (χ0v) is 12.8. The Morgan fingerprint density at radius 3 is 2.59 bits per heavy atom. The van der Waals surface area contributed by atoms with Gasteiger partial charge in [0.2, 0.25) is 0 Å². The number of halogens is 1. The van der Waals surface area contributed by atoms with Gasteiger partial charge < -0.3 is 5.32 Å². The predicted octanol–water partition coefficient (Wildman–Crippen LogP) is 4.45. The van der Waals surface area contributed by atoms with E-state index in [9.17, 15) is 0 Å². The Bertz CT molecular complexity index is 320. The van der Waals surface area contributed by atoms with Crippen molar-refractivity contribution < 1.29 is 0 Å². The van der Waals surface area contributed by atoms with E-state index in [1.54, 1.807) is 0 Å². The molecule has 0 atom stereocenters. The summed E-state index contributed by atoms with van der Waals surface area (Å²) >= 11 is 7.66. The van der Waals surface area contributed by atoms with Crippen molar-refractivity contribution in [3.63, 3.8) is 0 Å². The van der Waals surface area contributed by atoms with E-state index in [0.717, 1.165) is 31.8 Å². The van der Waals surface area contributed by atoms with Crippen molar-refractivity contribution in [3.05, 3.63) is 21.9 Å². The highest BCUT2D eigenvalue weighted by Crippen LogP contribution is 2.22. The molecule has 17 heavy (non-hydrogen) atoms. The Hall–Kier alpha value is -0.0500. The van der Waals surface area contributed by atoms with Gasteiger partial charge in [-0.3, -0.25) is 0 Å². The number of aryl methyl sites for hydroxylation is 1. The smallest absolute Gasteiger partial charge is 0.0300 e. The van der Waals surface area contributed by atoms with Gasteiger partial charge in [0.25, 0.3) is 0 Å². The molecular formula is C14H24ClNS. The van der Waals surface area contributed by atoms with Crippen LogP contribution in [0, 0.1) is 5.41 Å². The highest BCUT2D eigenvalue weighted by Gasteiger charge is 2.16. The fourth-order valence-corrected chi connectivity index (χ4v) is 2.93. The first-order chi connectivity index (χ1) is 8.07. The molecule has 0 saturated carbocycles. The molecule has 0 unspecified atom stereocenters. The normalized spacial score (nSPS) is 12.0. The second-order valence-corrected chi connectivity index (χ2v) is 6.91. The third-order valence-electron chi connectivity index (χ3n) is 2.96. The maximum absolute atomic E-state index is 5.74. The van der Waals surface area contributed by atoms with Gasteiger partial charge in [-0.2, -0.15) is 0 Å². The van der Waals surface area contributed by atoms with Crippen molar-refractivity contribution in [2.75, 3.05) is 12.4 Å². The molecule has 1 nitrogen and oxygen atoms in total. The molecule has 98 valence electrons. The molecule has 3 heteroatoms. The van der Waals surface area contributed by atoms with Gasteiger partial charge in [0.1, 0.15) is 0 Å². The van der Waals surface area contributed by atoms with E-state index in [2.05, 4.69) is 38.2 Å². The third-order valence-corrected chi connectivity index (χ3v) is 4.45. The first-order valence-corrected chi connectivity index (χ1v) is 7.77. The molecule has 0 bridgehead atoms. The topological polar surface area (TPSA) is 12.0 Å². The monoisotopic (exact) mass is 273 g/mol. The predicted molar refractivity (Wildman–Crippen MR) is 79.1 cm³/mol. The lowest BCUT2D eigenvalue weighted by atomic mass is 9.88. The molecule has 1 N–H and O–H groups in total. The molecule has 1 aromatic rings. The quantitative estimate of drug-likeness (QED) is 0.690. The van der Waals surface area contributed by atoms with Crippen molar-refractivity contribution in [1.29, 1.82) is 0 Å². The van der Waals surface area contributed by atoms with Crippen LogP contribution in [0.15, 0.2) is 12.1 Å². The van der Waals surface area contributed by atoms with Gasteiger partial charge in [0.15, 0.2) is 0 Å². The molecule has 0 amide bonds. The Balaban J connectivity index is 2.26. The summed E-state index contributed by atoms with van der Waals surface area (Å²) in [6.45, 7) is 8.87. The van der Waals surface area contributed by atoms with Gasteiger partial charge in [-0.25, -0.2) is 0 Å². The van der Waals surface area contributed by atoms with Gasteiger partial charge in [0, 0.05) is 28.7 Å². The van der Waals surface area contributed by atoms with E-state index in [4.69, 9.17) is 11.6 Å². The highest BCUT2D eigenvalue weighted by molar-refractivity contribution is 7.11. The van der Waals surface area contributed by atoms with E-state index in [-0.39, 0.29) is 0 Å². The van der Waals surface area contributed by atoms with Crippen LogP contribution in [-0.2, 0) is 13.0 Å². The van der Waals surface area contributed by atoms with Crippen LogP contribution in [-0.4, -0.2) is 12.4 Å². The summed E-state index contributed by atoms with van der Waals surface area (Å²) in [4.78, 5) is 2.91. The number of rotatable bonds is 8. The Morgan fingerprint density at radius 1 is 1.29 bits per heavy atom. The molecule has 1 heterocycles. The largest absolute Gasteiger partial charge is 0.311 e. The lowest BCUT2D eigenvalue weighted by molar-refractivity contribution is 0.311. The maximum Gasteiger partial charge on any atom is 0.0300 e. The lowest BCUT2D eigenvalue weighted by Crippen LogP contribution is -2.28. The zero-order chi connectivity index (χ0) is 12.7. The summed E-state index contributed by atoms with van der Waals surface area (Å²) < 4.78 is 0. The molecular weight excluding hydrogens is 250 g/mol. The van der Waals surface area contributed by atoms with Crippen molar-refractivity contribution >= 4 is 22.9 Å². The molecule has 1 aromatic heterocycles. The van der Waals surface area contributed by atoms with Crippen LogP contribution in [0.4, 0.5) is 0 Å². The molecule has 0 aliphatic heterocycles. The average molecular weight is 274 g/mol. The third kappa shape index (κ3) is 5.89. The number of nitrogens with one attached hydrogen (secondary N) is 1. The highest BCUT2D eigenvalue weighted by atomic mass is 35.5. The second kappa shape index (κ2) is 7.40. The Labute approximate surface area is 115 Å². The van der Waals surface area contributed by atoms with Crippen LogP contribution >= 0.6 is 22.9 Å². The van der Waals surface area contributed by atoms with Crippen molar-refractivity contribution in [1.82, 2.24) is 5.32 Å². The van der Waals surface area contributed by atoms with Crippen LogP contribution in [0.3, 0.4) is 0 Å². The molecule has 0 radical (unpaired) electrons. The summed E-state index contributed by atoms with van der Waals surface area (Å²) in [5.74, 6) is 0.772. The second-order valence-electron chi connectivity index (χ2n) is 5.28. The molecule has 0 aromatic carbocycles. The number of hydrogen-bond acceptors (Lipinski definition) is 2. The van der Waals surface area contributed by atoms with Crippen molar-refractivity contribution in [2.24, 2.45) is 5.41 Å².